The minimum atomic E-state index is -0.591. The van der Waals surface area contributed by atoms with Crippen LogP contribution in [0.3, 0.4) is 0 Å². The van der Waals surface area contributed by atoms with E-state index in [0.717, 1.165) is 23.9 Å². The molecule has 13 nitrogen and oxygen atoms in total. The molecule has 0 aliphatic carbocycles. The number of hydrogen-bond acceptors (Lipinski definition) is 9. The number of non-ortho nitro benzene ring substituents is 2. The van der Waals surface area contributed by atoms with Crippen molar-refractivity contribution < 1.29 is 24.2 Å². The Morgan fingerprint density at radius 2 is 1.22 bits per heavy atom. The second-order valence-corrected chi connectivity index (χ2v) is 8.49. The Morgan fingerprint density at radius 3 is 1.67 bits per heavy atom. The first-order chi connectivity index (χ1) is 17.2. The SMILES string of the molecule is COc1ccc(NC(=O)NSc2ccc([N+](=O)[O-])cc2)cc1NC(=O)NSc1ccc([N+](=O)[O-])cc1. The number of nitro benzene ring substituents is 2. The van der Waals surface area contributed by atoms with Gasteiger partial charge in [-0.1, -0.05) is 0 Å². The Morgan fingerprint density at radius 1 is 0.750 bits per heavy atom. The highest BCUT2D eigenvalue weighted by atomic mass is 32.2. The molecule has 0 aliphatic heterocycles. The van der Waals surface area contributed by atoms with Gasteiger partial charge in [0.25, 0.3) is 11.4 Å². The lowest BCUT2D eigenvalue weighted by molar-refractivity contribution is -0.385. The summed E-state index contributed by atoms with van der Waals surface area (Å²) in [5, 5.41) is 26.7. The van der Waals surface area contributed by atoms with Crippen LogP contribution in [-0.2, 0) is 0 Å². The lowest BCUT2D eigenvalue weighted by Gasteiger charge is -2.13. The fourth-order valence-electron chi connectivity index (χ4n) is 2.67. The number of urea groups is 2. The molecular weight excluding hydrogens is 512 g/mol. The van der Waals surface area contributed by atoms with Gasteiger partial charge in [0.2, 0.25) is 0 Å². The van der Waals surface area contributed by atoms with Gasteiger partial charge in [-0.2, -0.15) is 0 Å². The van der Waals surface area contributed by atoms with Crippen molar-refractivity contribution in [2.45, 2.75) is 9.79 Å². The number of carbonyl (C=O) groups is 2. The molecule has 0 unspecified atom stereocenters. The molecule has 4 amide bonds. The van der Waals surface area contributed by atoms with Gasteiger partial charge < -0.3 is 15.4 Å². The molecule has 0 aliphatic rings. The predicted molar refractivity (Wildman–Crippen MR) is 135 cm³/mol. The van der Waals surface area contributed by atoms with Crippen molar-refractivity contribution in [1.29, 1.82) is 0 Å². The van der Waals surface area contributed by atoms with Gasteiger partial charge in [0.05, 0.1) is 22.6 Å². The molecule has 3 rings (SSSR count). The van der Waals surface area contributed by atoms with Gasteiger partial charge >= 0.3 is 12.1 Å². The van der Waals surface area contributed by atoms with Crippen LogP contribution in [0.5, 0.6) is 5.75 Å². The summed E-state index contributed by atoms with van der Waals surface area (Å²) >= 11 is 1.93. The van der Waals surface area contributed by atoms with Crippen molar-refractivity contribution >= 4 is 58.7 Å². The third-order valence-corrected chi connectivity index (χ3v) is 5.91. The lowest BCUT2D eigenvalue weighted by Crippen LogP contribution is -2.24. The monoisotopic (exact) mass is 530 g/mol. The van der Waals surface area contributed by atoms with E-state index in [4.69, 9.17) is 4.74 Å². The zero-order valence-corrected chi connectivity index (χ0v) is 20.1. The van der Waals surface area contributed by atoms with Gasteiger partial charge in [-0.3, -0.25) is 29.7 Å². The number of carbonyl (C=O) groups excluding carboxylic acids is 2. The smallest absolute Gasteiger partial charge is 0.329 e. The van der Waals surface area contributed by atoms with E-state index >= 15 is 0 Å². The average molecular weight is 531 g/mol. The molecule has 36 heavy (non-hydrogen) atoms. The second kappa shape index (κ2) is 12.3. The van der Waals surface area contributed by atoms with Crippen molar-refractivity contribution in [3.8, 4) is 5.75 Å². The number of hydrogen-bond donors (Lipinski definition) is 4. The molecule has 0 heterocycles. The zero-order chi connectivity index (χ0) is 26.1. The number of ether oxygens (including phenoxy) is 1. The van der Waals surface area contributed by atoms with Crippen molar-refractivity contribution in [2.24, 2.45) is 0 Å². The summed E-state index contributed by atoms with van der Waals surface area (Å²) in [4.78, 5) is 46.2. The van der Waals surface area contributed by atoms with E-state index in [1.165, 1.54) is 61.7 Å². The van der Waals surface area contributed by atoms with Gasteiger partial charge in [0.15, 0.2) is 0 Å². The maximum atomic E-state index is 12.3. The molecule has 0 aromatic heterocycles. The molecule has 0 spiro atoms. The molecule has 0 bridgehead atoms. The van der Waals surface area contributed by atoms with Gasteiger partial charge in [-0.05, 0) is 66.4 Å². The van der Waals surface area contributed by atoms with Crippen LogP contribution in [0.2, 0.25) is 0 Å². The van der Waals surface area contributed by atoms with Crippen LogP contribution in [-0.4, -0.2) is 29.0 Å². The predicted octanol–water partition coefficient (Wildman–Crippen LogP) is 5.17. The number of anilines is 2. The summed E-state index contributed by atoms with van der Waals surface area (Å²) in [6.45, 7) is 0. The first-order valence-corrected chi connectivity index (χ1v) is 11.5. The van der Waals surface area contributed by atoms with E-state index in [1.54, 1.807) is 12.1 Å². The van der Waals surface area contributed by atoms with E-state index in [2.05, 4.69) is 20.1 Å². The minimum Gasteiger partial charge on any atom is -0.495 e. The second-order valence-electron chi connectivity index (χ2n) is 6.73. The fourth-order valence-corrected chi connectivity index (χ4v) is 3.74. The molecular formula is C21H18N6O7S2. The molecule has 0 fully saturated rings. The van der Waals surface area contributed by atoms with Crippen molar-refractivity contribution in [2.75, 3.05) is 17.7 Å². The number of amides is 4. The van der Waals surface area contributed by atoms with Gasteiger partial charge in [-0.15, -0.1) is 0 Å². The van der Waals surface area contributed by atoms with Crippen LogP contribution in [0.25, 0.3) is 0 Å². The van der Waals surface area contributed by atoms with Crippen LogP contribution in [0.1, 0.15) is 0 Å². The maximum absolute atomic E-state index is 12.3. The van der Waals surface area contributed by atoms with Crippen molar-refractivity contribution in [3.05, 3.63) is 87.0 Å². The summed E-state index contributed by atoms with van der Waals surface area (Å²) in [6, 6.07) is 14.8. The van der Waals surface area contributed by atoms with E-state index in [0.29, 0.717) is 21.2 Å². The molecule has 15 heteroatoms. The summed E-state index contributed by atoms with van der Waals surface area (Å²) in [5.41, 5.74) is 0.515. The summed E-state index contributed by atoms with van der Waals surface area (Å²) in [7, 11) is 1.42. The quantitative estimate of drug-likeness (QED) is 0.165. The van der Waals surface area contributed by atoms with Crippen LogP contribution >= 0.6 is 23.9 Å². The van der Waals surface area contributed by atoms with Crippen LogP contribution in [0, 0.1) is 20.2 Å². The Labute approximate surface area is 212 Å². The zero-order valence-electron chi connectivity index (χ0n) is 18.4. The van der Waals surface area contributed by atoms with Crippen molar-refractivity contribution in [3.63, 3.8) is 0 Å². The molecule has 0 atom stereocenters. The number of nitrogens with one attached hydrogen (secondary N) is 4. The number of rotatable bonds is 9. The minimum absolute atomic E-state index is 0.0581. The van der Waals surface area contributed by atoms with Crippen LogP contribution < -0.4 is 24.8 Å². The molecule has 3 aromatic carbocycles. The van der Waals surface area contributed by atoms with E-state index < -0.39 is 21.9 Å². The molecule has 4 N–H and O–H groups in total. The van der Waals surface area contributed by atoms with Crippen molar-refractivity contribution in [1.82, 2.24) is 9.44 Å². The molecule has 0 saturated carbocycles. The third-order valence-electron chi connectivity index (χ3n) is 4.32. The Kier molecular flexibility index (Phi) is 8.90. The topological polar surface area (TPSA) is 178 Å². The molecule has 0 saturated heterocycles. The third kappa shape index (κ3) is 7.51. The van der Waals surface area contributed by atoms with E-state index in [9.17, 15) is 29.8 Å². The first-order valence-electron chi connectivity index (χ1n) is 9.90. The van der Waals surface area contributed by atoms with E-state index in [1.807, 2.05) is 0 Å². The maximum Gasteiger partial charge on any atom is 0.329 e. The summed E-state index contributed by atoms with van der Waals surface area (Å²) in [6.07, 6.45) is 0. The largest absolute Gasteiger partial charge is 0.495 e. The number of nitro groups is 2. The molecule has 186 valence electrons. The average Bonchev–Trinajstić information content (AvgIpc) is 2.87. The highest BCUT2D eigenvalue weighted by molar-refractivity contribution is 7.98. The summed E-state index contributed by atoms with van der Waals surface area (Å²) in [5.74, 6) is 0.344. The summed E-state index contributed by atoms with van der Waals surface area (Å²) < 4.78 is 10.4. The lowest BCUT2D eigenvalue weighted by atomic mass is 10.2. The molecule has 3 aromatic rings. The highest BCUT2D eigenvalue weighted by Crippen LogP contribution is 2.28. The van der Waals surface area contributed by atoms with Gasteiger partial charge in [0.1, 0.15) is 5.75 Å². The Hall–Kier alpha value is -4.50. The van der Waals surface area contributed by atoms with Crippen LogP contribution in [0.15, 0.2) is 76.5 Å². The van der Waals surface area contributed by atoms with E-state index in [-0.39, 0.29) is 17.1 Å². The first kappa shape index (κ1) is 26.1. The van der Waals surface area contributed by atoms with Gasteiger partial charge in [-0.25, -0.2) is 9.59 Å². The number of methoxy groups -OCH3 is 1. The Bertz CT molecular complexity index is 1270. The number of nitrogens with zero attached hydrogens (tertiary/aromatic N) is 2. The Balaban J connectivity index is 1.55. The van der Waals surface area contributed by atoms with Gasteiger partial charge in [0, 0.05) is 39.7 Å². The number of benzene rings is 3. The standard InChI is InChI=1S/C21H18N6O7S2/c1-34-19-11-2-13(22-20(28)24-35-16-7-3-14(4-8-16)26(30)31)12-18(19)23-21(29)25-36-17-9-5-15(6-10-17)27(32)33/h2-12H,1H3,(H2,22,24,28)(H2,23,25,29). The highest BCUT2D eigenvalue weighted by Gasteiger charge is 2.12. The normalized spacial score (nSPS) is 10.1. The molecule has 0 radical (unpaired) electrons. The fraction of sp³-hybridized carbons (Fsp3) is 0.0476. The van der Waals surface area contributed by atoms with Crippen LogP contribution in [0.4, 0.5) is 32.3 Å².